The standard InChI is InChI=1S/C17H28N2O2/c1-17(2,3)19-11-10-13(12-19)16(21)18-14-8-6-4-5-7-9-15(14)20/h10-12,14-15,20H,4-9H2,1-3H3,(H,18,21)/t14-,15-/m0/s1. The first-order chi connectivity index (χ1) is 9.88. The Balaban J connectivity index is 2.01. The lowest BCUT2D eigenvalue weighted by atomic mass is 9.94. The van der Waals surface area contributed by atoms with Gasteiger partial charge in [-0.25, -0.2) is 0 Å². The molecule has 4 nitrogen and oxygen atoms in total. The molecule has 2 rings (SSSR count). The summed E-state index contributed by atoms with van der Waals surface area (Å²) >= 11 is 0. The second kappa shape index (κ2) is 6.65. The molecule has 1 fully saturated rings. The van der Waals surface area contributed by atoms with E-state index < -0.39 is 6.10 Å². The number of aliphatic hydroxyl groups is 1. The molecule has 1 aliphatic rings. The fourth-order valence-electron chi connectivity index (χ4n) is 2.83. The number of nitrogens with zero attached hydrogens (tertiary/aromatic N) is 1. The fraction of sp³-hybridized carbons (Fsp3) is 0.706. The van der Waals surface area contributed by atoms with Gasteiger partial charge in [0.1, 0.15) is 0 Å². The molecule has 0 saturated heterocycles. The number of rotatable bonds is 2. The van der Waals surface area contributed by atoms with Crippen LogP contribution in [0.15, 0.2) is 18.5 Å². The second-order valence-electron chi connectivity index (χ2n) is 7.12. The number of nitrogens with one attached hydrogen (secondary N) is 1. The molecular formula is C17H28N2O2. The number of carbonyl (C=O) groups excluding carboxylic acids is 1. The topological polar surface area (TPSA) is 54.3 Å². The summed E-state index contributed by atoms with van der Waals surface area (Å²) in [4.78, 5) is 12.4. The van der Waals surface area contributed by atoms with Crippen LogP contribution >= 0.6 is 0 Å². The average molecular weight is 292 g/mol. The van der Waals surface area contributed by atoms with Crippen molar-refractivity contribution in [3.8, 4) is 0 Å². The molecule has 0 aromatic carbocycles. The van der Waals surface area contributed by atoms with Crippen molar-refractivity contribution in [2.45, 2.75) is 77.0 Å². The lowest BCUT2D eigenvalue weighted by molar-refractivity contribution is 0.0771. The molecule has 1 aromatic rings. The summed E-state index contributed by atoms with van der Waals surface area (Å²) in [7, 11) is 0. The van der Waals surface area contributed by atoms with Gasteiger partial charge in [0.05, 0.1) is 17.7 Å². The van der Waals surface area contributed by atoms with E-state index in [0.29, 0.717) is 5.56 Å². The van der Waals surface area contributed by atoms with Crippen molar-refractivity contribution in [3.05, 3.63) is 24.0 Å². The van der Waals surface area contributed by atoms with Gasteiger partial charge in [0, 0.05) is 17.9 Å². The molecular weight excluding hydrogens is 264 g/mol. The largest absolute Gasteiger partial charge is 0.391 e. The Morgan fingerprint density at radius 3 is 2.52 bits per heavy atom. The van der Waals surface area contributed by atoms with Gasteiger partial charge in [-0.1, -0.05) is 25.7 Å². The first-order valence-electron chi connectivity index (χ1n) is 8.05. The molecule has 21 heavy (non-hydrogen) atoms. The molecule has 0 radical (unpaired) electrons. The molecule has 1 amide bonds. The van der Waals surface area contributed by atoms with Crippen LogP contribution in [0.1, 0.15) is 69.7 Å². The molecule has 1 aliphatic carbocycles. The summed E-state index contributed by atoms with van der Waals surface area (Å²) in [6.07, 6.45) is 9.55. The molecule has 1 heterocycles. The fourth-order valence-corrected chi connectivity index (χ4v) is 2.83. The maximum absolute atomic E-state index is 12.4. The minimum absolute atomic E-state index is 0.0295. The van der Waals surface area contributed by atoms with E-state index in [0.717, 1.165) is 25.7 Å². The van der Waals surface area contributed by atoms with Gasteiger partial charge in [-0.2, -0.15) is 0 Å². The molecule has 0 spiro atoms. The summed E-state index contributed by atoms with van der Waals surface area (Å²) in [5, 5.41) is 13.2. The molecule has 1 aromatic heterocycles. The first-order valence-corrected chi connectivity index (χ1v) is 8.05. The Bertz CT molecular complexity index is 473. The molecule has 4 heteroatoms. The zero-order valence-corrected chi connectivity index (χ0v) is 13.4. The molecule has 2 N–H and O–H groups in total. The minimum atomic E-state index is -0.418. The molecule has 1 saturated carbocycles. The van der Waals surface area contributed by atoms with E-state index in [4.69, 9.17) is 0 Å². The lowest BCUT2D eigenvalue weighted by Gasteiger charge is -2.26. The van der Waals surface area contributed by atoms with E-state index in [2.05, 4.69) is 26.1 Å². The smallest absolute Gasteiger partial charge is 0.253 e. The summed E-state index contributed by atoms with van der Waals surface area (Å²) in [6, 6.07) is 1.73. The van der Waals surface area contributed by atoms with E-state index in [1.807, 2.05) is 23.0 Å². The van der Waals surface area contributed by atoms with Crippen LogP contribution in [0, 0.1) is 0 Å². The maximum atomic E-state index is 12.4. The van der Waals surface area contributed by atoms with Crippen LogP contribution in [0.3, 0.4) is 0 Å². The van der Waals surface area contributed by atoms with Crippen molar-refractivity contribution in [1.29, 1.82) is 0 Å². The SMILES string of the molecule is CC(C)(C)n1ccc(C(=O)N[C@H]2CCCCCC[C@@H]2O)c1. The van der Waals surface area contributed by atoms with Gasteiger partial charge >= 0.3 is 0 Å². The van der Waals surface area contributed by atoms with Crippen LogP contribution in [0.5, 0.6) is 0 Å². The van der Waals surface area contributed by atoms with E-state index in [9.17, 15) is 9.90 Å². The number of aromatic nitrogens is 1. The van der Waals surface area contributed by atoms with Crippen molar-refractivity contribution >= 4 is 5.91 Å². The highest BCUT2D eigenvalue weighted by atomic mass is 16.3. The summed E-state index contributed by atoms with van der Waals surface area (Å²) in [5.74, 6) is -0.0809. The Kier molecular flexibility index (Phi) is 5.09. The van der Waals surface area contributed by atoms with Gasteiger partial charge in [-0.15, -0.1) is 0 Å². The molecule has 2 atom stereocenters. The normalized spacial score (nSPS) is 24.2. The number of amides is 1. The summed E-state index contributed by atoms with van der Waals surface area (Å²) in [6.45, 7) is 6.31. The Morgan fingerprint density at radius 2 is 1.90 bits per heavy atom. The van der Waals surface area contributed by atoms with Crippen LogP contribution in [-0.4, -0.2) is 27.7 Å². The van der Waals surface area contributed by atoms with Gasteiger partial charge in [0.25, 0.3) is 5.91 Å². The predicted molar refractivity (Wildman–Crippen MR) is 84.4 cm³/mol. The zero-order chi connectivity index (χ0) is 15.5. The lowest BCUT2D eigenvalue weighted by Crippen LogP contribution is -2.43. The Morgan fingerprint density at radius 1 is 1.24 bits per heavy atom. The van der Waals surface area contributed by atoms with Gasteiger partial charge in [0.15, 0.2) is 0 Å². The minimum Gasteiger partial charge on any atom is -0.391 e. The van der Waals surface area contributed by atoms with E-state index in [-0.39, 0.29) is 17.5 Å². The second-order valence-corrected chi connectivity index (χ2v) is 7.12. The molecule has 0 bridgehead atoms. The van der Waals surface area contributed by atoms with Gasteiger partial charge in [-0.05, 0) is 39.7 Å². The maximum Gasteiger partial charge on any atom is 0.253 e. The van der Waals surface area contributed by atoms with Gasteiger partial charge in [0.2, 0.25) is 0 Å². The van der Waals surface area contributed by atoms with Crippen molar-refractivity contribution in [1.82, 2.24) is 9.88 Å². The quantitative estimate of drug-likeness (QED) is 0.880. The zero-order valence-electron chi connectivity index (χ0n) is 13.4. The summed E-state index contributed by atoms with van der Waals surface area (Å²) < 4.78 is 2.04. The van der Waals surface area contributed by atoms with Crippen molar-refractivity contribution in [2.24, 2.45) is 0 Å². The highest BCUT2D eigenvalue weighted by molar-refractivity contribution is 5.94. The Hall–Kier alpha value is -1.29. The monoisotopic (exact) mass is 292 g/mol. The van der Waals surface area contributed by atoms with Crippen LogP contribution in [-0.2, 0) is 5.54 Å². The third-order valence-electron chi connectivity index (χ3n) is 4.28. The summed E-state index contributed by atoms with van der Waals surface area (Å²) in [5.41, 5.74) is 0.636. The van der Waals surface area contributed by atoms with E-state index in [1.54, 1.807) is 0 Å². The number of hydrogen-bond donors (Lipinski definition) is 2. The predicted octanol–water partition coefficient (Wildman–Crippen LogP) is 3.06. The number of aliphatic hydroxyl groups excluding tert-OH is 1. The van der Waals surface area contributed by atoms with Gasteiger partial charge in [-0.3, -0.25) is 4.79 Å². The molecule has 118 valence electrons. The average Bonchev–Trinajstić information content (AvgIpc) is 2.88. The van der Waals surface area contributed by atoms with Crippen LogP contribution < -0.4 is 5.32 Å². The Labute approximate surface area is 127 Å². The van der Waals surface area contributed by atoms with Crippen LogP contribution in [0.4, 0.5) is 0 Å². The number of hydrogen-bond acceptors (Lipinski definition) is 2. The van der Waals surface area contributed by atoms with Crippen molar-refractivity contribution in [3.63, 3.8) is 0 Å². The van der Waals surface area contributed by atoms with Gasteiger partial charge < -0.3 is 15.0 Å². The molecule has 0 aliphatic heterocycles. The van der Waals surface area contributed by atoms with Crippen LogP contribution in [0.25, 0.3) is 0 Å². The highest BCUT2D eigenvalue weighted by Crippen LogP contribution is 2.19. The molecule has 0 unspecified atom stereocenters. The highest BCUT2D eigenvalue weighted by Gasteiger charge is 2.23. The van der Waals surface area contributed by atoms with Crippen LogP contribution in [0.2, 0.25) is 0 Å². The third kappa shape index (κ3) is 4.34. The number of carbonyl (C=O) groups is 1. The van der Waals surface area contributed by atoms with Crippen molar-refractivity contribution in [2.75, 3.05) is 0 Å². The van der Waals surface area contributed by atoms with Crippen molar-refractivity contribution < 1.29 is 9.90 Å². The first kappa shape index (κ1) is 16.1. The van der Waals surface area contributed by atoms with E-state index >= 15 is 0 Å². The van der Waals surface area contributed by atoms with E-state index in [1.165, 1.54) is 12.8 Å². The third-order valence-corrected chi connectivity index (χ3v) is 4.28.